The van der Waals surface area contributed by atoms with Crippen LogP contribution < -0.4 is 0 Å². The zero-order chi connectivity index (χ0) is 9.14. The number of carbonyl (C=O) groups is 1. The SMILES string of the molecule is CSc1ncc(F)cc1C(=O)O. The molecule has 1 N–H and O–H groups in total. The van der Waals surface area contributed by atoms with Gasteiger partial charge in [0.2, 0.25) is 0 Å². The van der Waals surface area contributed by atoms with Crippen molar-refractivity contribution >= 4 is 17.7 Å². The lowest BCUT2D eigenvalue weighted by molar-refractivity contribution is 0.0691. The molecule has 0 aromatic carbocycles. The van der Waals surface area contributed by atoms with Gasteiger partial charge in [0.15, 0.2) is 0 Å². The number of aromatic nitrogens is 1. The Morgan fingerprint density at radius 2 is 2.42 bits per heavy atom. The second-order valence-corrected chi connectivity index (χ2v) is 2.81. The Bertz CT molecular complexity index is 316. The maximum Gasteiger partial charge on any atom is 0.338 e. The number of thioether (sulfide) groups is 1. The summed E-state index contributed by atoms with van der Waals surface area (Å²) in [5.41, 5.74) is -0.0949. The lowest BCUT2D eigenvalue weighted by Gasteiger charge is -1.99. The number of rotatable bonds is 2. The minimum absolute atomic E-state index is 0.0949. The van der Waals surface area contributed by atoms with Gasteiger partial charge in [-0.15, -0.1) is 11.8 Å². The third-order valence-corrected chi connectivity index (χ3v) is 1.95. The lowest BCUT2D eigenvalue weighted by atomic mass is 10.3. The summed E-state index contributed by atoms with van der Waals surface area (Å²) < 4.78 is 12.5. The second kappa shape index (κ2) is 3.53. The van der Waals surface area contributed by atoms with E-state index in [-0.39, 0.29) is 5.56 Å². The molecule has 0 aliphatic carbocycles. The molecule has 0 radical (unpaired) electrons. The summed E-state index contributed by atoms with van der Waals surface area (Å²) in [4.78, 5) is 14.1. The molecule has 0 atom stereocenters. The summed E-state index contributed by atoms with van der Waals surface area (Å²) in [5, 5.41) is 8.92. The Labute approximate surface area is 72.6 Å². The van der Waals surface area contributed by atoms with Gasteiger partial charge in [-0.3, -0.25) is 0 Å². The first kappa shape index (κ1) is 8.99. The van der Waals surface area contributed by atoms with Crippen LogP contribution in [0.3, 0.4) is 0 Å². The van der Waals surface area contributed by atoms with Crippen LogP contribution in [0.1, 0.15) is 10.4 Å². The number of nitrogens with zero attached hydrogens (tertiary/aromatic N) is 1. The standard InChI is InChI=1S/C7H6FNO2S/c1-12-6-5(7(10)11)2-4(8)3-9-6/h2-3H,1H3,(H,10,11). The Morgan fingerprint density at radius 1 is 1.75 bits per heavy atom. The van der Waals surface area contributed by atoms with Gasteiger partial charge < -0.3 is 5.11 Å². The van der Waals surface area contributed by atoms with Gasteiger partial charge in [0, 0.05) is 0 Å². The van der Waals surface area contributed by atoms with Crippen molar-refractivity contribution in [3.63, 3.8) is 0 Å². The first-order valence-electron chi connectivity index (χ1n) is 3.08. The van der Waals surface area contributed by atoms with Gasteiger partial charge in [-0.25, -0.2) is 14.2 Å². The smallest absolute Gasteiger partial charge is 0.338 e. The predicted molar refractivity (Wildman–Crippen MR) is 42.9 cm³/mol. The molecule has 12 heavy (non-hydrogen) atoms. The highest BCUT2D eigenvalue weighted by atomic mass is 32.2. The highest BCUT2D eigenvalue weighted by Gasteiger charge is 2.11. The monoisotopic (exact) mass is 187 g/mol. The van der Waals surface area contributed by atoms with E-state index in [1.807, 2.05) is 0 Å². The topological polar surface area (TPSA) is 50.2 Å². The van der Waals surface area contributed by atoms with Crippen molar-refractivity contribution in [3.05, 3.63) is 23.6 Å². The number of aromatic carboxylic acids is 1. The molecule has 1 aromatic heterocycles. The van der Waals surface area contributed by atoms with E-state index in [1.165, 1.54) is 11.8 Å². The van der Waals surface area contributed by atoms with Gasteiger partial charge in [0.05, 0.1) is 11.8 Å². The van der Waals surface area contributed by atoms with Gasteiger partial charge in [-0.1, -0.05) is 0 Å². The fourth-order valence-corrected chi connectivity index (χ4v) is 1.27. The summed E-state index contributed by atoms with van der Waals surface area (Å²) in [6.45, 7) is 0. The molecule has 0 amide bonds. The fraction of sp³-hybridized carbons (Fsp3) is 0.143. The minimum atomic E-state index is -1.16. The van der Waals surface area contributed by atoms with E-state index in [0.717, 1.165) is 12.3 Å². The first-order valence-corrected chi connectivity index (χ1v) is 4.30. The highest BCUT2D eigenvalue weighted by Crippen LogP contribution is 2.17. The molecule has 0 aliphatic heterocycles. The number of hydrogen-bond acceptors (Lipinski definition) is 3. The van der Waals surface area contributed by atoms with Crippen molar-refractivity contribution in [2.24, 2.45) is 0 Å². The predicted octanol–water partition coefficient (Wildman–Crippen LogP) is 1.64. The van der Waals surface area contributed by atoms with Crippen molar-refractivity contribution in [3.8, 4) is 0 Å². The third kappa shape index (κ3) is 1.73. The van der Waals surface area contributed by atoms with E-state index >= 15 is 0 Å². The quantitative estimate of drug-likeness (QED) is 0.715. The van der Waals surface area contributed by atoms with Crippen molar-refractivity contribution in [1.29, 1.82) is 0 Å². The van der Waals surface area contributed by atoms with Crippen LogP contribution in [0.15, 0.2) is 17.3 Å². The molecular weight excluding hydrogens is 181 g/mol. The van der Waals surface area contributed by atoms with Crippen LogP contribution in [-0.2, 0) is 0 Å². The maximum absolute atomic E-state index is 12.5. The van der Waals surface area contributed by atoms with E-state index in [4.69, 9.17) is 5.11 Å². The Hall–Kier alpha value is -1.10. The molecular formula is C7H6FNO2S. The number of carboxylic acid groups (broad SMARTS) is 1. The zero-order valence-electron chi connectivity index (χ0n) is 6.24. The van der Waals surface area contributed by atoms with Crippen molar-refractivity contribution in [2.45, 2.75) is 5.03 Å². The molecule has 0 bridgehead atoms. The average molecular weight is 187 g/mol. The summed E-state index contributed by atoms with van der Waals surface area (Å²) in [6.07, 6.45) is 2.69. The molecule has 0 unspecified atom stereocenters. The molecule has 0 fully saturated rings. The van der Waals surface area contributed by atoms with E-state index < -0.39 is 11.8 Å². The van der Waals surface area contributed by atoms with Crippen LogP contribution in [-0.4, -0.2) is 22.3 Å². The van der Waals surface area contributed by atoms with Crippen LogP contribution in [0.4, 0.5) is 4.39 Å². The van der Waals surface area contributed by atoms with Gasteiger partial charge in [0.25, 0.3) is 0 Å². The summed E-state index contributed by atoms with van der Waals surface area (Å²) in [6, 6.07) is 0.959. The second-order valence-electron chi connectivity index (χ2n) is 2.02. The van der Waals surface area contributed by atoms with E-state index in [2.05, 4.69) is 4.98 Å². The molecule has 0 saturated heterocycles. The van der Waals surface area contributed by atoms with Crippen LogP contribution >= 0.6 is 11.8 Å². The summed E-state index contributed by atoms with van der Waals surface area (Å²) in [7, 11) is 0. The largest absolute Gasteiger partial charge is 0.478 e. The molecule has 1 heterocycles. The van der Waals surface area contributed by atoms with Crippen LogP contribution in [0.5, 0.6) is 0 Å². The van der Waals surface area contributed by atoms with Gasteiger partial charge in [-0.05, 0) is 12.3 Å². The molecule has 1 rings (SSSR count). The molecule has 0 saturated carbocycles. The van der Waals surface area contributed by atoms with Crippen molar-refractivity contribution in [1.82, 2.24) is 4.98 Å². The van der Waals surface area contributed by atoms with Gasteiger partial charge in [0.1, 0.15) is 10.8 Å². The van der Waals surface area contributed by atoms with Crippen molar-refractivity contribution < 1.29 is 14.3 Å². The molecule has 64 valence electrons. The number of halogens is 1. The summed E-state index contributed by atoms with van der Waals surface area (Å²) >= 11 is 1.17. The molecule has 3 nitrogen and oxygen atoms in total. The van der Waals surface area contributed by atoms with Crippen LogP contribution in [0.2, 0.25) is 0 Å². The van der Waals surface area contributed by atoms with E-state index in [0.29, 0.717) is 5.03 Å². The Kier molecular flexibility index (Phi) is 2.65. The van der Waals surface area contributed by atoms with Gasteiger partial charge >= 0.3 is 5.97 Å². The number of hydrogen-bond donors (Lipinski definition) is 1. The Balaban J connectivity index is 3.21. The normalized spacial score (nSPS) is 9.83. The third-order valence-electron chi connectivity index (χ3n) is 1.24. The van der Waals surface area contributed by atoms with Gasteiger partial charge in [-0.2, -0.15) is 0 Å². The van der Waals surface area contributed by atoms with Crippen molar-refractivity contribution in [2.75, 3.05) is 6.26 Å². The molecule has 1 aromatic rings. The molecule has 5 heteroatoms. The zero-order valence-corrected chi connectivity index (χ0v) is 7.06. The number of pyridine rings is 1. The fourth-order valence-electron chi connectivity index (χ4n) is 0.743. The minimum Gasteiger partial charge on any atom is -0.478 e. The maximum atomic E-state index is 12.5. The lowest BCUT2D eigenvalue weighted by Crippen LogP contribution is -2.01. The molecule has 0 spiro atoms. The van der Waals surface area contributed by atoms with Crippen LogP contribution in [0.25, 0.3) is 0 Å². The average Bonchev–Trinajstić information content (AvgIpc) is 2.04. The summed E-state index contributed by atoms with van der Waals surface area (Å²) in [5.74, 6) is -1.79. The molecule has 0 aliphatic rings. The Morgan fingerprint density at radius 3 is 2.92 bits per heavy atom. The van der Waals surface area contributed by atoms with E-state index in [1.54, 1.807) is 6.26 Å². The van der Waals surface area contributed by atoms with Crippen LogP contribution in [0, 0.1) is 5.82 Å². The highest BCUT2D eigenvalue weighted by molar-refractivity contribution is 7.98. The first-order chi connectivity index (χ1) is 5.65. The number of carboxylic acids is 1. The van der Waals surface area contributed by atoms with E-state index in [9.17, 15) is 9.18 Å².